The Kier molecular flexibility index (Phi) is 5.53. The minimum Gasteiger partial charge on any atom is -0.350 e. The molecule has 0 radical (unpaired) electrons. The molecule has 0 saturated carbocycles. The number of benzene rings is 1. The predicted molar refractivity (Wildman–Crippen MR) is 106 cm³/mol. The highest BCUT2D eigenvalue weighted by Crippen LogP contribution is 2.24. The first-order chi connectivity index (χ1) is 13.7. The standard InChI is InChI=1S/C21H25N5O2/c1-25-15-17(13-23-25)18-12-20(28-24-18)21(27)22-14-19(16-8-4-2-5-9-16)26-10-6-3-7-11-26/h2,4-5,8-9,12-13,15,19H,3,6-7,10-11,14H2,1H3,(H,22,27)/t19-/m1/s1. The minimum atomic E-state index is -0.249. The maximum absolute atomic E-state index is 12.6. The lowest BCUT2D eigenvalue weighted by Crippen LogP contribution is -2.40. The molecule has 3 aromatic rings. The maximum atomic E-state index is 12.6. The van der Waals surface area contributed by atoms with Crippen molar-refractivity contribution in [2.45, 2.75) is 25.3 Å². The maximum Gasteiger partial charge on any atom is 0.289 e. The zero-order valence-electron chi connectivity index (χ0n) is 16.0. The van der Waals surface area contributed by atoms with Crippen LogP contribution in [0.15, 0.2) is 53.3 Å². The molecule has 3 heterocycles. The SMILES string of the molecule is Cn1cc(-c2cc(C(=O)NC[C@H](c3ccccc3)N3CCCCC3)on2)cn1. The number of aromatic nitrogens is 3. The fraction of sp³-hybridized carbons (Fsp3) is 0.381. The molecule has 1 amide bonds. The van der Waals surface area contributed by atoms with E-state index in [2.05, 4.69) is 32.6 Å². The normalized spacial score (nSPS) is 16.0. The summed E-state index contributed by atoms with van der Waals surface area (Å²) in [6, 6.07) is 12.2. The lowest BCUT2D eigenvalue weighted by atomic mass is 10.0. The molecule has 2 aromatic heterocycles. The summed E-state index contributed by atoms with van der Waals surface area (Å²) < 4.78 is 6.95. The monoisotopic (exact) mass is 379 g/mol. The number of hydrogen-bond acceptors (Lipinski definition) is 5. The molecule has 1 fully saturated rings. The van der Waals surface area contributed by atoms with E-state index in [1.165, 1.54) is 24.8 Å². The Hall–Kier alpha value is -2.93. The van der Waals surface area contributed by atoms with Crippen LogP contribution in [0.1, 0.15) is 41.4 Å². The van der Waals surface area contributed by atoms with E-state index in [-0.39, 0.29) is 17.7 Å². The van der Waals surface area contributed by atoms with Gasteiger partial charge in [0.25, 0.3) is 5.91 Å². The summed E-state index contributed by atoms with van der Waals surface area (Å²) in [6.07, 6.45) is 7.21. The second-order valence-corrected chi connectivity index (χ2v) is 7.21. The van der Waals surface area contributed by atoms with Crippen LogP contribution >= 0.6 is 0 Å². The first-order valence-corrected chi connectivity index (χ1v) is 9.73. The molecule has 0 unspecified atom stereocenters. The van der Waals surface area contributed by atoms with Crippen molar-refractivity contribution in [3.05, 3.63) is 60.1 Å². The highest BCUT2D eigenvalue weighted by molar-refractivity contribution is 5.92. The van der Waals surface area contributed by atoms with Gasteiger partial charge in [0.15, 0.2) is 0 Å². The average Bonchev–Trinajstić information content (AvgIpc) is 3.39. The summed E-state index contributed by atoms with van der Waals surface area (Å²) >= 11 is 0. The zero-order valence-corrected chi connectivity index (χ0v) is 16.0. The molecule has 1 N–H and O–H groups in total. The third-order valence-corrected chi connectivity index (χ3v) is 5.21. The van der Waals surface area contributed by atoms with Crippen molar-refractivity contribution < 1.29 is 9.32 Å². The van der Waals surface area contributed by atoms with Gasteiger partial charge in [-0.05, 0) is 31.5 Å². The van der Waals surface area contributed by atoms with Crippen LogP contribution in [0.3, 0.4) is 0 Å². The Morgan fingerprint density at radius 1 is 1.21 bits per heavy atom. The van der Waals surface area contributed by atoms with Crippen molar-refractivity contribution >= 4 is 5.91 Å². The lowest BCUT2D eigenvalue weighted by Gasteiger charge is -2.35. The van der Waals surface area contributed by atoms with Crippen LogP contribution in [0.4, 0.5) is 0 Å². The Morgan fingerprint density at radius 3 is 2.71 bits per heavy atom. The van der Waals surface area contributed by atoms with Crippen LogP contribution in [0, 0.1) is 0 Å². The van der Waals surface area contributed by atoms with Crippen LogP contribution in [0.2, 0.25) is 0 Å². The van der Waals surface area contributed by atoms with E-state index in [1.54, 1.807) is 16.9 Å². The molecule has 4 rings (SSSR count). The Balaban J connectivity index is 1.44. The van der Waals surface area contributed by atoms with Gasteiger partial charge >= 0.3 is 0 Å². The number of carbonyl (C=O) groups excluding carboxylic acids is 1. The number of amides is 1. The first-order valence-electron chi connectivity index (χ1n) is 9.73. The van der Waals surface area contributed by atoms with Gasteiger partial charge in [0.1, 0.15) is 5.69 Å². The number of nitrogens with one attached hydrogen (secondary N) is 1. The molecule has 1 aliphatic heterocycles. The molecule has 1 atom stereocenters. The van der Waals surface area contributed by atoms with Crippen molar-refractivity contribution in [2.24, 2.45) is 7.05 Å². The van der Waals surface area contributed by atoms with Crippen LogP contribution in [0.5, 0.6) is 0 Å². The fourth-order valence-electron chi connectivity index (χ4n) is 3.71. The largest absolute Gasteiger partial charge is 0.350 e. The zero-order chi connectivity index (χ0) is 19.3. The van der Waals surface area contributed by atoms with Crippen molar-refractivity contribution in [3.8, 4) is 11.3 Å². The Labute approximate surface area is 164 Å². The molecule has 1 aromatic carbocycles. The summed E-state index contributed by atoms with van der Waals surface area (Å²) in [5.41, 5.74) is 2.65. The number of nitrogens with zero attached hydrogens (tertiary/aromatic N) is 4. The molecule has 7 heteroatoms. The van der Waals surface area contributed by atoms with Gasteiger partial charge in [-0.25, -0.2) is 0 Å². The number of rotatable bonds is 6. The topological polar surface area (TPSA) is 76.2 Å². The molecule has 0 spiro atoms. The third kappa shape index (κ3) is 4.14. The molecule has 28 heavy (non-hydrogen) atoms. The summed E-state index contributed by atoms with van der Waals surface area (Å²) in [6.45, 7) is 2.65. The summed E-state index contributed by atoms with van der Waals surface area (Å²) in [5.74, 6) is -0.0371. The van der Waals surface area contributed by atoms with Crippen molar-refractivity contribution in [2.75, 3.05) is 19.6 Å². The smallest absolute Gasteiger partial charge is 0.289 e. The number of piperidine rings is 1. The van der Waals surface area contributed by atoms with Gasteiger partial charge < -0.3 is 9.84 Å². The van der Waals surface area contributed by atoms with Gasteiger partial charge in [0.05, 0.1) is 12.2 Å². The lowest BCUT2D eigenvalue weighted by molar-refractivity contribution is 0.0888. The molecule has 1 aliphatic rings. The second kappa shape index (κ2) is 8.39. The van der Waals surface area contributed by atoms with E-state index in [1.807, 2.05) is 31.4 Å². The first kappa shape index (κ1) is 18.4. The van der Waals surface area contributed by atoms with E-state index in [0.29, 0.717) is 12.2 Å². The fourth-order valence-corrected chi connectivity index (χ4v) is 3.71. The van der Waals surface area contributed by atoms with E-state index >= 15 is 0 Å². The van der Waals surface area contributed by atoms with Gasteiger partial charge in [0.2, 0.25) is 5.76 Å². The van der Waals surface area contributed by atoms with Crippen LogP contribution in [-0.2, 0) is 7.05 Å². The highest BCUT2D eigenvalue weighted by atomic mass is 16.5. The highest BCUT2D eigenvalue weighted by Gasteiger charge is 2.24. The summed E-state index contributed by atoms with van der Waals surface area (Å²) in [4.78, 5) is 15.1. The molecule has 0 bridgehead atoms. The van der Waals surface area contributed by atoms with Crippen molar-refractivity contribution in [1.29, 1.82) is 0 Å². The van der Waals surface area contributed by atoms with Gasteiger partial charge in [-0.3, -0.25) is 14.4 Å². The molecule has 146 valence electrons. The van der Waals surface area contributed by atoms with E-state index in [9.17, 15) is 4.79 Å². The molecular formula is C21H25N5O2. The Morgan fingerprint density at radius 2 is 2.00 bits per heavy atom. The van der Waals surface area contributed by atoms with E-state index in [0.717, 1.165) is 18.7 Å². The second-order valence-electron chi connectivity index (χ2n) is 7.21. The molecular weight excluding hydrogens is 354 g/mol. The number of likely N-dealkylation sites (tertiary alicyclic amines) is 1. The van der Waals surface area contributed by atoms with Crippen LogP contribution in [0.25, 0.3) is 11.3 Å². The third-order valence-electron chi connectivity index (χ3n) is 5.21. The predicted octanol–water partition coefficient (Wildman–Crippen LogP) is 3.03. The quantitative estimate of drug-likeness (QED) is 0.712. The van der Waals surface area contributed by atoms with E-state index < -0.39 is 0 Å². The minimum absolute atomic E-state index is 0.158. The van der Waals surface area contributed by atoms with Gasteiger partial charge in [-0.1, -0.05) is 41.9 Å². The number of carbonyl (C=O) groups is 1. The average molecular weight is 379 g/mol. The van der Waals surface area contributed by atoms with Gasteiger partial charge in [-0.2, -0.15) is 5.10 Å². The van der Waals surface area contributed by atoms with Crippen LogP contribution < -0.4 is 5.32 Å². The summed E-state index contributed by atoms with van der Waals surface area (Å²) in [7, 11) is 1.83. The van der Waals surface area contributed by atoms with Gasteiger partial charge in [0, 0.05) is 31.4 Å². The number of hydrogen-bond donors (Lipinski definition) is 1. The summed E-state index contributed by atoms with van der Waals surface area (Å²) in [5, 5.41) is 11.1. The van der Waals surface area contributed by atoms with Crippen molar-refractivity contribution in [1.82, 2.24) is 25.2 Å². The molecule has 0 aliphatic carbocycles. The number of aryl methyl sites for hydroxylation is 1. The molecule has 7 nitrogen and oxygen atoms in total. The molecule has 1 saturated heterocycles. The van der Waals surface area contributed by atoms with E-state index in [4.69, 9.17) is 4.52 Å². The van der Waals surface area contributed by atoms with Crippen molar-refractivity contribution in [3.63, 3.8) is 0 Å². The van der Waals surface area contributed by atoms with Gasteiger partial charge in [-0.15, -0.1) is 0 Å². The van der Waals surface area contributed by atoms with Crippen LogP contribution in [-0.4, -0.2) is 45.4 Å². The Bertz CT molecular complexity index is 912.